The normalized spacial score (nSPS) is 10.8. The topological polar surface area (TPSA) is 77.5 Å². The molecule has 0 aliphatic heterocycles. The average Bonchev–Trinajstić information content (AvgIpc) is 3.22. The second kappa shape index (κ2) is 7.58. The Morgan fingerprint density at radius 1 is 1.28 bits per heavy atom. The van der Waals surface area contributed by atoms with Gasteiger partial charge in [-0.15, -0.1) is 0 Å². The number of amides is 1. The van der Waals surface area contributed by atoms with E-state index in [1.165, 1.54) is 6.26 Å². The van der Waals surface area contributed by atoms with Crippen LogP contribution in [-0.4, -0.2) is 17.7 Å². The van der Waals surface area contributed by atoms with Crippen LogP contribution >= 0.6 is 15.9 Å². The molecule has 0 bridgehead atoms. The van der Waals surface area contributed by atoms with Crippen LogP contribution in [0.4, 0.5) is 14.5 Å². The van der Waals surface area contributed by atoms with Crippen molar-refractivity contribution >= 4 is 27.5 Å². The molecular formula is C16H11BrF2N2O4. The highest BCUT2D eigenvalue weighted by atomic mass is 79.9. The van der Waals surface area contributed by atoms with E-state index in [2.05, 4.69) is 26.4 Å². The van der Waals surface area contributed by atoms with Gasteiger partial charge in [-0.05, 0) is 34.1 Å². The number of furan rings is 1. The Hall–Kier alpha value is -2.52. The molecular weight excluding hydrogens is 402 g/mol. The number of carbonyl (C=O) groups is 1. The van der Waals surface area contributed by atoms with E-state index in [0.29, 0.717) is 23.3 Å². The van der Waals surface area contributed by atoms with Crippen molar-refractivity contribution in [3.63, 3.8) is 0 Å². The van der Waals surface area contributed by atoms with E-state index >= 15 is 0 Å². The molecule has 130 valence electrons. The standard InChI is InChI=1S/C16H11BrF2N2O4/c17-11-4-9(18)5-12(19)16(11)20-15(22)8-23-7-10-6-14(25-21-10)13-2-1-3-24-13/h1-6H,7-8H2,(H,20,22). The Labute approximate surface area is 148 Å². The smallest absolute Gasteiger partial charge is 0.250 e. The fourth-order valence-corrected chi connectivity index (χ4v) is 2.51. The van der Waals surface area contributed by atoms with Crippen LogP contribution < -0.4 is 5.32 Å². The van der Waals surface area contributed by atoms with Gasteiger partial charge in [-0.25, -0.2) is 8.78 Å². The van der Waals surface area contributed by atoms with Crippen molar-refractivity contribution < 1.29 is 27.3 Å². The molecule has 25 heavy (non-hydrogen) atoms. The summed E-state index contributed by atoms with van der Waals surface area (Å²) in [6, 6.07) is 6.77. The number of hydrogen-bond donors (Lipinski definition) is 1. The monoisotopic (exact) mass is 412 g/mol. The zero-order chi connectivity index (χ0) is 17.8. The van der Waals surface area contributed by atoms with Crippen LogP contribution in [-0.2, 0) is 16.1 Å². The molecule has 1 amide bonds. The zero-order valence-electron chi connectivity index (χ0n) is 12.6. The maximum Gasteiger partial charge on any atom is 0.250 e. The number of hydrogen-bond acceptors (Lipinski definition) is 5. The molecule has 9 heteroatoms. The third-order valence-electron chi connectivity index (χ3n) is 3.08. The lowest BCUT2D eigenvalue weighted by Gasteiger charge is -2.08. The van der Waals surface area contributed by atoms with Gasteiger partial charge in [0.1, 0.15) is 18.1 Å². The Morgan fingerprint density at radius 2 is 2.12 bits per heavy atom. The quantitative estimate of drug-likeness (QED) is 0.658. The van der Waals surface area contributed by atoms with E-state index in [0.717, 1.165) is 6.07 Å². The molecule has 3 rings (SSSR count). The van der Waals surface area contributed by atoms with Crippen molar-refractivity contribution in [3.8, 4) is 11.5 Å². The Morgan fingerprint density at radius 3 is 2.84 bits per heavy atom. The Balaban J connectivity index is 1.52. The molecule has 1 N–H and O–H groups in total. The van der Waals surface area contributed by atoms with Crippen LogP contribution in [0.15, 0.2) is 50.0 Å². The van der Waals surface area contributed by atoms with E-state index in [1.54, 1.807) is 18.2 Å². The fraction of sp³-hybridized carbons (Fsp3) is 0.125. The maximum atomic E-state index is 13.6. The highest BCUT2D eigenvalue weighted by molar-refractivity contribution is 9.10. The third-order valence-corrected chi connectivity index (χ3v) is 3.70. The minimum Gasteiger partial charge on any atom is -0.461 e. The van der Waals surface area contributed by atoms with Gasteiger partial charge in [-0.2, -0.15) is 0 Å². The minimum atomic E-state index is -0.889. The van der Waals surface area contributed by atoms with Crippen molar-refractivity contribution in [3.05, 3.63) is 58.4 Å². The average molecular weight is 413 g/mol. The first kappa shape index (κ1) is 17.3. The molecule has 1 aromatic carbocycles. The molecule has 6 nitrogen and oxygen atoms in total. The number of carbonyl (C=O) groups excluding carboxylic acids is 1. The lowest BCUT2D eigenvalue weighted by molar-refractivity contribution is -0.121. The molecule has 0 atom stereocenters. The van der Waals surface area contributed by atoms with Gasteiger partial charge in [-0.3, -0.25) is 4.79 Å². The maximum absolute atomic E-state index is 13.6. The summed E-state index contributed by atoms with van der Waals surface area (Å²) in [4.78, 5) is 11.8. The molecule has 0 aliphatic rings. The summed E-state index contributed by atoms with van der Waals surface area (Å²) in [5.41, 5.74) is 0.310. The first-order valence-electron chi connectivity index (χ1n) is 7.04. The number of rotatable bonds is 6. The van der Waals surface area contributed by atoms with Crippen LogP contribution in [0.3, 0.4) is 0 Å². The first-order chi connectivity index (χ1) is 12.0. The summed E-state index contributed by atoms with van der Waals surface area (Å²) in [5.74, 6) is -1.28. The number of anilines is 1. The Kier molecular flexibility index (Phi) is 5.25. The van der Waals surface area contributed by atoms with Crippen LogP contribution in [0.2, 0.25) is 0 Å². The van der Waals surface area contributed by atoms with E-state index < -0.39 is 17.5 Å². The summed E-state index contributed by atoms with van der Waals surface area (Å²) >= 11 is 2.99. The van der Waals surface area contributed by atoms with E-state index in [9.17, 15) is 13.6 Å². The van der Waals surface area contributed by atoms with Gasteiger partial charge >= 0.3 is 0 Å². The van der Waals surface area contributed by atoms with Gasteiger partial charge in [0.25, 0.3) is 0 Å². The number of halogens is 3. The molecule has 2 heterocycles. The number of nitrogens with zero attached hydrogens (tertiary/aromatic N) is 1. The van der Waals surface area contributed by atoms with Crippen molar-refractivity contribution in [1.82, 2.24) is 5.16 Å². The summed E-state index contributed by atoms with van der Waals surface area (Å²) < 4.78 is 42.2. The summed E-state index contributed by atoms with van der Waals surface area (Å²) in [5, 5.41) is 6.10. The van der Waals surface area contributed by atoms with Crippen molar-refractivity contribution in [2.24, 2.45) is 0 Å². The first-order valence-corrected chi connectivity index (χ1v) is 7.84. The van der Waals surface area contributed by atoms with E-state index in [4.69, 9.17) is 13.7 Å². The van der Waals surface area contributed by atoms with Gasteiger partial charge in [-0.1, -0.05) is 5.16 Å². The molecule has 3 aromatic rings. The molecule has 0 spiro atoms. The number of aromatic nitrogens is 1. The van der Waals surface area contributed by atoms with Gasteiger partial charge in [0.2, 0.25) is 11.7 Å². The summed E-state index contributed by atoms with van der Waals surface area (Å²) in [7, 11) is 0. The summed E-state index contributed by atoms with van der Waals surface area (Å²) in [6.07, 6.45) is 1.51. The lowest BCUT2D eigenvalue weighted by Crippen LogP contribution is -2.19. The summed E-state index contributed by atoms with van der Waals surface area (Å²) in [6.45, 7) is -0.323. The second-order valence-corrected chi connectivity index (χ2v) is 5.80. The Bertz CT molecular complexity index is 857. The number of ether oxygens (including phenoxy) is 1. The zero-order valence-corrected chi connectivity index (χ0v) is 14.2. The molecule has 2 aromatic heterocycles. The van der Waals surface area contributed by atoms with Crippen LogP contribution in [0.1, 0.15) is 5.69 Å². The molecule has 0 unspecified atom stereocenters. The second-order valence-electron chi connectivity index (χ2n) is 4.95. The minimum absolute atomic E-state index is 0.0185. The van der Waals surface area contributed by atoms with E-state index in [-0.39, 0.29) is 23.4 Å². The predicted octanol–water partition coefficient (Wildman–Crippen LogP) is 4.13. The van der Waals surface area contributed by atoms with Gasteiger partial charge in [0, 0.05) is 16.6 Å². The molecule has 0 aliphatic carbocycles. The van der Waals surface area contributed by atoms with E-state index in [1.807, 2.05) is 0 Å². The molecule has 0 radical (unpaired) electrons. The molecule has 0 saturated heterocycles. The van der Waals surface area contributed by atoms with Crippen molar-refractivity contribution in [2.75, 3.05) is 11.9 Å². The predicted molar refractivity (Wildman–Crippen MR) is 86.5 cm³/mol. The van der Waals surface area contributed by atoms with Gasteiger partial charge in [0.05, 0.1) is 18.6 Å². The fourth-order valence-electron chi connectivity index (χ4n) is 2.00. The molecule has 0 saturated carbocycles. The highest BCUT2D eigenvalue weighted by Gasteiger charge is 2.14. The van der Waals surface area contributed by atoms with Crippen molar-refractivity contribution in [2.45, 2.75) is 6.61 Å². The molecule has 0 fully saturated rings. The highest BCUT2D eigenvalue weighted by Crippen LogP contribution is 2.26. The largest absolute Gasteiger partial charge is 0.461 e. The van der Waals surface area contributed by atoms with Crippen molar-refractivity contribution in [1.29, 1.82) is 0 Å². The van der Waals surface area contributed by atoms with Gasteiger partial charge in [0.15, 0.2) is 11.6 Å². The van der Waals surface area contributed by atoms with Crippen LogP contribution in [0.5, 0.6) is 0 Å². The SMILES string of the molecule is O=C(COCc1cc(-c2ccco2)on1)Nc1c(F)cc(F)cc1Br. The lowest BCUT2D eigenvalue weighted by atomic mass is 10.3. The number of nitrogens with one attached hydrogen (secondary N) is 1. The third kappa shape index (κ3) is 4.31. The van der Waals surface area contributed by atoms with Gasteiger partial charge < -0.3 is 19.0 Å². The van der Waals surface area contributed by atoms with Crippen LogP contribution in [0.25, 0.3) is 11.5 Å². The number of benzene rings is 1. The van der Waals surface area contributed by atoms with Crippen LogP contribution in [0, 0.1) is 11.6 Å².